The maximum Gasteiger partial charge on any atom is 0.269 e. The predicted molar refractivity (Wildman–Crippen MR) is 124 cm³/mol. The molecule has 0 aliphatic rings. The third-order valence-electron chi connectivity index (χ3n) is 4.53. The van der Waals surface area contributed by atoms with E-state index in [1.54, 1.807) is 36.4 Å². The Bertz CT molecular complexity index is 1070. The lowest BCUT2D eigenvalue weighted by Crippen LogP contribution is -2.48. The van der Waals surface area contributed by atoms with Crippen LogP contribution in [-0.2, 0) is 6.42 Å². The zero-order valence-corrected chi connectivity index (χ0v) is 17.9. The van der Waals surface area contributed by atoms with Crippen LogP contribution in [-0.4, -0.2) is 23.5 Å². The van der Waals surface area contributed by atoms with Gasteiger partial charge in [-0.3, -0.25) is 25.8 Å². The second kappa shape index (κ2) is 10.9. The number of hydrazine groups is 1. The molecule has 158 valence electrons. The molecular weight excluding hydrogens is 410 g/mol. The van der Waals surface area contributed by atoms with Gasteiger partial charge < -0.3 is 4.74 Å². The van der Waals surface area contributed by atoms with Gasteiger partial charge in [-0.2, -0.15) is 0 Å². The van der Waals surface area contributed by atoms with Gasteiger partial charge in [-0.1, -0.05) is 60.7 Å². The Morgan fingerprint density at radius 1 is 0.806 bits per heavy atom. The van der Waals surface area contributed by atoms with E-state index in [4.69, 9.17) is 17.0 Å². The van der Waals surface area contributed by atoms with E-state index in [1.165, 1.54) is 0 Å². The van der Waals surface area contributed by atoms with Crippen LogP contribution in [0.2, 0.25) is 0 Å². The van der Waals surface area contributed by atoms with Gasteiger partial charge in [0.1, 0.15) is 5.75 Å². The molecule has 0 aromatic heterocycles. The van der Waals surface area contributed by atoms with Crippen LogP contribution in [0.25, 0.3) is 0 Å². The standard InChI is InChI=1S/C24H23N3O3S/c1-17-9-5-6-12-19(17)23(29)26-27-24(31)25-22(28)20-13-7-8-14-21(20)30-16-15-18-10-3-2-4-11-18/h2-14H,15-16H2,1H3,(H,26,29)(H2,25,27,28,31). The fraction of sp³-hybridized carbons (Fsp3) is 0.125. The monoisotopic (exact) mass is 433 g/mol. The summed E-state index contributed by atoms with van der Waals surface area (Å²) in [4.78, 5) is 24.9. The molecule has 3 N–H and O–H groups in total. The minimum absolute atomic E-state index is 0.0222. The number of carbonyl (C=O) groups is 2. The maximum absolute atomic E-state index is 12.6. The third-order valence-corrected chi connectivity index (χ3v) is 4.73. The summed E-state index contributed by atoms with van der Waals surface area (Å²) in [6, 6.07) is 24.1. The Balaban J connectivity index is 1.53. The van der Waals surface area contributed by atoms with Crippen LogP contribution in [0.15, 0.2) is 78.9 Å². The van der Waals surface area contributed by atoms with Crippen LogP contribution in [0.5, 0.6) is 5.75 Å². The zero-order valence-electron chi connectivity index (χ0n) is 17.1. The highest BCUT2D eigenvalue weighted by Gasteiger charge is 2.14. The van der Waals surface area contributed by atoms with Gasteiger partial charge in [-0.05, 0) is 48.5 Å². The van der Waals surface area contributed by atoms with E-state index in [0.29, 0.717) is 23.5 Å². The molecule has 7 heteroatoms. The largest absolute Gasteiger partial charge is 0.492 e. The summed E-state index contributed by atoms with van der Waals surface area (Å²) in [7, 11) is 0. The van der Waals surface area contributed by atoms with Crippen molar-refractivity contribution in [3.8, 4) is 5.75 Å². The number of aryl methyl sites for hydroxylation is 1. The first-order chi connectivity index (χ1) is 15.0. The van der Waals surface area contributed by atoms with E-state index in [1.807, 2.05) is 49.4 Å². The number of nitrogens with one attached hydrogen (secondary N) is 3. The van der Waals surface area contributed by atoms with Gasteiger partial charge in [0.2, 0.25) is 0 Å². The Labute approximate surface area is 186 Å². The number of amides is 2. The SMILES string of the molecule is Cc1ccccc1C(=O)NNC(=S)NC(=O)c1ccccc1OCCc1ccccc1. The molecule has 0 heterocycles. The highest BCUT2D eigenvalue weighted by molar-refractivity contribution is 7.80. The van der Waals surface area contributed by atoms with Crippen LogP contribution < -0.4 is 20.9 Å². The maximum atomic E-state index is 12.6. The Morgan fingerprint density at radius 3 is 2.19 bits per heavy atom. The quantitative estimate of drug-likeness (QED) is 0.409. The van der Waals surface area contributed by atoms with E-state index in [2.05, 4.69) is 16.2 Å². The Kier molecular flexibility index (Phi) is 7.73. The summed E-state index contributed by atoms with van der Waals surface area (Å²) < 4.78 is 5.82. The van der Waals surface area contributed by atoms with Gasteiger partial charge >= 0.3 is 0 Å². The lowest BCUT2D eigenvalue weighted by molar-refractivity contribution is 0.0933. The third kappa shape index (κ3) is 6.38. The van der Waals surface area contributed by atoms with E-state index in [-0.39, 0.29) is 11.0 Å². The molecule has 0 bridgehead atoms. The van der Waals surface area contributed by atoms with Crippen molar-refractivity contribution in [3.05, 3.63) is 101 Å². The molecule has 0 aliphatic carbocycles. The van der Waals surface area contributed by atoms with Crippen molar-refractivity contribution in [3.63, 3.8) is 0 Å². The van der Waals surface area contributed by atoms with Crippen molar-refractivity contribution in [2.45, 2.75) is 13.3 Å². The van der Waals surface area contributed by atoms with Crippen molar-refractivity contribution >= 4 is 29.1 Å². The Hall–Kier alpha value is -3.71. The van der Waals surface area contributed by atoms with E-state index in [9.17, 15) is 9.59 Å². The van der Waals surface area contributed by atoms with Gasteiger partial charge in [0, 0.05) is 12.0 Å². The number of carbonyl (C=O) groups excluding carboxylic acids is 2. The molecule has 0 fully saturated rings. The van der Waals surface area contributed by atoms with Crippen LogP contribution in [0.4, 0.5) is 0 Å². The van der Waals surface area contributed by atoms with Gasteiger partial charge in [0.15, 0.2) is 5.11 Å². The summed E-state index contributed by atoms with van der Waals surface area (Å²) in [5, 5.41) is 2.53. The molecule has 0 saturated carbocycles. The Morgan fingerprint density at radius 2 is 1.45 bits per heavy atom. The van der Waals surface area contributed by atoms with Crippen LogP contribution in [0.3, 0.4) is 0 Å². The average Bonchev–Trinajstić information content (AvgIpc) is 2.79. The van der Waals surface area contributed by atoms with E-state index < -0.39 is 5.91 Å². The molecule has 0 radical (unpaired) electrons. The molecule has 6 nitrogen and oxygen atoms in total. The second-order valence-electron chi connectivity index (χ2n) is 6.76. The van der Waals surface area contributed by atoms with E-state index in [0.717, 1.165) is 17.5 Å². The van der Waals surface area contributed by atoms with Crippen LogP contribution in [0, 0.1) is 6.92 Å². The van der Waals surface area contributed by atoms with Crippen molar-refractivity contribution in [1.29, 1.82) is 0 Å². The first kappa shape index (κ1) is 22.0. The normalized spacial score (nSPS) is 10.1. The first-order valence-corrected chi connectivity index (χ1v) is 10.2. The van der Waals surface area contributed by atoms with Crippen molar-refractivity contribution in [1.82, 2.24) is 16.2 Å². The van der Waals surface area contributed by atoms with Gasteiger partial charge in [-0.15, -0.1) is 0 Å². The van der Waals surface area contributed by atoms with Gasteiger partial charge in [0.25, 0.3) is 11.8 Å². The first-order valence-electron chi connectivity index (χ1n) is 9.77. The molecular formula is C24H23N3O3S. The van der Waals surface area contributed by atoms with Gasteiger partial charge in [-0.25, -0.2) is 0 Å². The minimum atomic E-state index is -0.432. The fourth-order valence-corrected chi connectivity index (χ4v) is 3.06. The van der Waals surface area contributed by atoms with Crippen molar-refractivity contribution < 1.29 is 14.3 Å². The van der Waals surface area contributed by atoms with Crippen molar-refractivity contribution in [2.24, 2.45) is 0 Å². The molecule has 3 aromatic carbocycles. The smallest absolute Gasteiger partial charge is 0.269 e. The summed E-state index contributed by atoms with van der Waals surface area (Å²) in [5.74, 6) is -0.319. The van der Waals surface area contributed by atoms with Crippen LogP contribution in [0.1, 0.15) is 31.8 Å². The molecule has 3 rings (SSSR count). The topological polar surface area (TPSA) is 79.5 Å². The zero-order chi connectivity index (χ0) is 22.1. The molecule has 0 atom stereocenters. The molecule has 31 heavy (non-hydrogen) atoms. The predicted octanol–water partition coefficient (Wildman–Crippen LogP) is 3.57. The number of benzene rings is 3. The highest BCUT2D eigenvalue weighted by Crippen LogP contribution is 2.18. The number of hydrogen-bond acceptors (Lipinski definition) is 4. The van der Waals surface area contributed by atoms with Crippen molar-refractivity contribution in [2.75, 3.05) is 6.61 Å². The molecule has 0 saturated heterocycles. The molecule has 3 aromatic rings. The summed E-state index contributed by atoms with van der Waals surface area (Å²) >= 11 is 5.13. The summed E-state index contributed by atoms with van der Waals surface area (Å²) in [6.45, 7) is 2.27. The second-order valence-corrected chi connectivity index (χ2v) is 7.17. The number of thiocarbonyl (C=S) groups is 1. The molecule has 0 aliphatic heterocycles. The fourth-order valence-electron chi connectivity index (χ4n) is 2.91. The van der Waals surface area contributed by atoms with Crippen LogP contribution >= 0.6 is 12.2 Å². The summed E-state index contributed by atoms with van der Waals surface area (Å²) in [5.41, 5.74) is 7.89. The van der Waals surface area contributed by atoms with E-state index >= 15 is 0 Å². The molecule has 2 amide bonds. The lowest BCUT2D eigenvalue weighted by atomic mass is 10.1. The average molecular weight is 434 g/mol. The van der Waals surface area contributed by atoms with Gasteiger partial charge in [0.05, 0.1) is 12.2 Å². The number of rotatable bonds is 6. The number of ether oxygens (including phenoxy) is 1. The number of hydrogen-bond donors (Lipinski definition) is 3. The highest BCUT2D eigenvalue weighted by atomic mass is 32.1. The molecule has 0 spiro atoms. The lowest BCUT2D eigenvalue weighted by Gasteiger charge is -2.14. The summed E-state index contributed by atoms with van der Waals surface area (Å²) in [6.07, 6.45) is 0.724. The minimum Gasteiger partial charge on any atom is -0.492 e. The molecule has 0 unspecified atom stereocenters. The number of para-hydroxylation sites is 1.